The largest absolute Gasteiger partial charge is 0.399 e. The van der Waals surface area contributed by atoms with E-state index in [0.29, 0.717) is 6.42 Å². The van der Waals surface area contributed by atoms with E-state index in [-0.39, 0.29) is 5.78 Å². The van der Waals surface area contributed by atoms with Crippen LogP contribution in [0.1, 0.15) is 37.7 Å². The average Bonchev–Trinajstić information content (AvgIpc) is 2.38. The van der Waals surface area contributed by atoms with Crippen LogP contribution in [0.2, 0.25) is 0 Å². The molecule has 0 saturated heterocycles. The van der Waals surface area contributed by atoms with Gasteiger partial charge in [0.25, 0.3) is 0 Å². The Morgan fingerprint density at radius 3 is 2.56 bits per heavy atom. The Morgan fingerprint density at radius 2 is 1.89 bits per heavy atom. The maximum Gasteiger partial charge on any atom is 0.155 e. The van der Waals surface area contributed by atoms with E-state index in [9.17, 15) is 4.79 Å². The summed E-state index contributed by atoms with van der Waals surface area (Å²) in [6, 6.07) is 7.48. The van der Waals surface area contributed by atoms with E-state index >= 15 is 0 Å². The third-order valence-corrected chi connectivity index (χ3v) is 2.73. The van der Waals surface area contributed by atoms with E-state index in [2.05, 4.69) is 6.58 Å². The van der Waals surface area contributed by atoms with Gasteiger partial charge in [0.2, 0.25) is 0 Å². The Bertz CT molecular complexity index is 404. The highest BCUT2D eigenvalue weighted by atomic mass is 16.1. The Balaban J connectivity index is 2.27. The molecule has 1 aromatic carbocycles. The van der Waals surface area contributed by atoms with Crippen molar-refractivity contribution in [1.82, 2.24) is 0 Å². The van der Waals surface area contributed by atoms with Gasteiger partial charge in [-0.1, -0.05) is 30.7 Å². The molecule has 0 fully saturated rings. The zero-order valence-corrected chi connectivity index (χ0v) is 10.8. The van der Waals surface area contributed by atoms with Crippen molar-refractivity contribution < 1.29 is 4.79 Å². The van der Waals surface area contributed by atoms with E-state index in [1.165, 1.54) is 0 Å². The van der Waals surface area contributed by atoms with Gasteiger partial charge in [-0.3, -0.25) is 4.79 Å². The normalized spacial score (nSPS) is 10.7. The predicted molar refractivity (Wildman–Crippen MR) is 78.2 cm³/mol. The first kappa shape index (κ1) is 14.2. The van der Waals surface area contributed by atoms with Gasteiger partial charge < -0.3 is 5.73 Å². The van der Waals surface area contributed by atoms with Crippen LogP contribution >= 0.6 is 0 Å². The van der Waals surface area contributed by atoms with Gasteiger partial charge >= 0.3 is 0 Å². The maximum absolute atomic E-state index is 11.6. The molecule has 0 saturated carbocycles. The molecular formula is C16H21NO. The molecule has 0 aliphatic heterocycles. The molecule has 2 N–H and O–H groups in total. The SMILES string of the molecule is C=CCCCCCC(=O)/C=C/c1ccc(N)cc1. The van der Waals surface area contributed by atoms with Crippen LogP contribution in [-0.4, -0.2) is 5.78 Å². The van der Waals surface area contributed by atoms with E-state index in [1.807, 2.05) is 36.4 Å². The van der Waals surface area contributed by atoms with Crippen LogP contribution in [0.25, 0.3) is 6.08 Å². The van der Waals surface area contributed by atoms with Gasteiger partial charge in [0.05, 0.1) is 0 Å². The van der Waals surface area contributed by atoms with Crippen LogP contribution in [0.3, 0.4) is 0 Å². The van der Waals surface area contributed by atoms with Gasteiger partial charge in [-0.2, -0.15) is 0 Å². The van der Waals surface area contributed by atoms with Crippen LogP contribution in [0.4, 0.5) is 5.69 Å². The lowest BCUT2D eigenvalue weighted by Crippen LogP contribution is -1.92. The third-order valence-electron chi connectivity index (χ3n) is 2.73. The molecule has 2 nitrogen and oxygen atoms in total. The lowest BCUT2D eigenvalue weighted by atomic mass is 10.1. The van der Waals surface area contributed by atoms with Crippen LogP contribution in [0.15, 0.2) is 43.0 Å². The minimum atomic E-state index is 0.186. The van der Waals surface area contributed by atoms with E-state index < -0.39 is 0 Å². The minimum absolute atomic E-state index is 0.186. The van der Waals surface area contributed by atoms with Gasteiger partial charge in [-0.05, 0) is 43.0 Å². The summed E-state index contributed by atoms with van der Waals surface area (Å²) in [7, 11) is 0. The topological polar surface area (TPSA) is 43.1 Å². The summed E-state index contributed by atoms with van der Waals surface area (Å²) in [5, 5.41) is 0. The second-order valence-electron chi connectivity index (χ2n) is 4.35. The smallest absolute Gasteiger partial charge is 0.155 e. The van der Waals surface area contributed by atoms with Crippen molar-refractivity contribution in [3.63, 3.8) is 0 Å². The van der Waals surface area contributed by atoms with Crippen molar-refractivity contribution in [3.05, 3.63) is 48.6 Å². The maximum atomic E-state index is 11.6. The number of ketones is 1. The summed E-state index contributed by atoms with van der Waals surface area (Å²) < 4.78 is 0. The molecule has 0 unspecified atom stereocenters. The quantitative estimate of drug-likeness (QED) is 0.325. The van der Waals surface area contributed by atoms with Crippen molar-refractivity contribution in [1.29, 1.82) is 0 Å². The number of hydrogen-bond donors (Lipinski definition) is 1. The van der Waals surface area contributed by atoms with Crippen LogP contribution in [0.5, 0.6) is 0 Å². The Morgan fingerprint density at radius 1 is 1.17 bits per heavy atom. The van der Waals surface area contributed by atoms with Crippen molar-refractivity contribution in [3.8, 4) is 0 Å². The minimum Gasteiger partial charge on any atom is -0.399 e. The standard InChI is InChI=1S/C16H21NO/c1-2-3-4-5-6-7-16(18)13-10-14-8-11-15(17)12-9-14/h2,8-13H,1,3-7,17H2/b13-10+. The van der Waals surface area contributed by atoms with Crippen molar-refractivity contribution in [2.24, 2.45) is 0 Å². The molecule has 0 atom stereocenters. The molecule has 0 aliphatic carbocycles. The van der Waals surface area contributed by atoms with E-state index in [4.69, 9.17) is 5.73 Å². The predicted octanol–water partition coefficient (Wildman–Crippen LogP) is 3.99. The summed E-state index contributed by atoms with van der Waals surface area (Å²) >= 11 is 0. The van der Waals surface area contributed by atoms with Gasteiger partial charge in [-0.25, -0.2) is 0 Å². The van der Waals surface area contributed by atoms with E-state index in [0.717, 1.165) is 36.9 Å². The highest BCUT2D eigenvalue weighted by Gasteiger charge is 1.96. The fourth-order valence-electron chi connectivity index (χ4n) is 1.64. The zero-order valence-electron chi connectivity index (χ0n) is 10.8. The Hall–Kier alpha value is -1.83. The number of anilines is 1. The number of benzene rings is 1. The summed E-state index contributed by atoms with van der Waals surface area (Å²) in [5.74, 6) is 0.186. The van der Waals surface area contributed by atoms with Gasteiger partial charge in [0.15, 0.2) is 5.78 Å². The van der Waals surface area contributed by atoms with Crippen LogP contribution in [0, 0.1) is 0 Å². The molecule has 96 valence electrons. The lowest BCUT2D eigenvalue weighted by molar-refractivity contribution is -0.114. The Labute approximate surface area is 109 Å². The van der Waals surface area contributed by atoms with Crippen molar-refractivity contribution >= 4 is 17.5 Å². The number of carbonyl (C=O) groups excluding carboxylic acids is 1. The number of nitrogens with two attached hydrogens (primary N) is 1. The first-order valence-electron chi connectivity index (χ1n) is 6.39. The average molecular weight is 243 g/mol. The molecule has 2 heteroatoms. The number of rotatable bonds is 8. The molecule has 1 rings (SSSR count). The zero-order chi connectivity index (χ0) is 13.2. The van der Waals surface area contributed by atoms with E-state index in [1.54, 1.807) is 6.08 Å². The monoisotopic (exact) mass is 243 g/mol. The number of unbranched alkanes of at least 4 members (excludes halogenated alkanes) is 3. The first-order valence-corrected chi connectivity index (χ1v) is 6.39. The summed E-state index contributed by atoms with van der Waals surface area (Å²) in [6.07, 6.45) is 10.2. The summed E-state index contributed by atoms with van der Waals surface area (Å²) in [5.41, 5.74) is 7.33. The van der Waals surface area contributed by atoms with Gasteiger partial charge in [0, 0.05) is 12.1 Å². The second kappa shape index (κ2) is 8.29. The molecule has 0 bridgehead atoms. The molecule has 0 heterocycles. The van der Waals surface area contributed by atoms with Crippen molar-refractivity contribution in [2.75, 3.05) is 5.73 Å². The summed E-state index contributed by atoms with van der Waals surface area (Å²) in [4.78, 5) is 11.6. The molecule has 0 aromatic heterocycles. The molecule has 1 aromatic rings. The van der Waals surface area contributed by atoms with Gasteiger partial charge in [-0.15, -0.1) is 6.58 Å². The first-order chi connectivity index (χ1) is 8.72. The molecule has 0 radical (unpaired) electrons. The number of carbonyl (C=O) groups is 1. The third kappa shape index (κ3) is 6.04. The van der Waals surface area contributed by atoms with Crippen LogP contribution < -0.4 is 5.73 Å². The highest BCUT2D eigenvalue weighted by Crippen LogP contribution is 2.08. The van der Waals surface area contributed by atoms with Crippen LogP contribution in [-0.2, 0) is 4.79 Å². The molecule has 18 heavy (non-hydrogen) atoms. The molecule has 0 aliphatic rings. The second-order valence-corrected chi connectivity index (χ2v) is 4.35. The molecule has 0 spiro atoms. The molecule has 0 amide bonds. The molecular weight excluding hydrogens is 222 g/mol. The van der Waals surface area contributed by atoms with Gasteiger partial charge in [0.1, 0.15) is 0 Å². The Kier molecular flexibility index (Phi) is 6.55. The highest BCUT2D eigenvalue weighted by molar-refractivity contribution is 5.93. The lowest BCUT2D eigenvalue weighted by Gasteiger charge is -1.97. The fourth-order valence-corrected chi connectivity index (χ4v) is 1.64. The number of allylic oxidation sites excluding steroid dienone is 2. The number of hydrogen-bond acceptors (Lipinski definition) is 2. The van der Waals surface area contributed by atoms with Crippen molar-refractivity contribution in [2.45, 2.75) is 32.1 Å². The number of nitrogen functional groups attached to an aromatic ring is 1. The fraction of sp³-hybridized carbons (Fsp3) is 0.312. The summed E-state index contributed by atoms with van der Waals surface area (Å²) in [6.45, 7) is 3.68.